The summed E-state index contributed by atoms with van der Waals surface area (Å²) >= 11 is 0. The summed E-state index contributed by atoms with van der Waals surface area (Å²) in [4.78, 5) is 15.2. The molecule has 1 fully saturated rings. The molecule has 2 heterocycles. The minimum Gasteiger partial charge on any atom is -0.493 e. The minimum absolute atomic E-state index is 0.0632. The molecule has 0 radical (unpaired) electrons. The van der Waals surface area contributed by atoms with Gasteiger partial charge in [0, 0.05) is 31.5 Å². The van der Waals surface area contributed by atoms with Crippen LogP contribution in [0.3, 0.4) is 0 Å². The maximum Gasteiger partial charge on any atom is 0.323 e. The number of esters is 1. The van der Waals surface area contributed by atoms with E-state index in [4.69, 9.17) is 24.5 Å². The number of ether oxygens (including phenoxy) is 3. The summed E-state index contributed by atoms with van der Waals surface area (Å²) in [5.74, 6) is 2.18. The highest BCUT2D eigenvalue weighted by Crippen LogP contribution is 2.44. The van der Waals surface area contributed by atoms with Crippen molar-refractivity contribution >= 4 is 16.1 Å². The fourth-order valence-corrected chi connectivity index (χ4v) is 6.07. The van der Waals surface area contributed by atoms with E-state index in [2.05, 4.69) is 30.9 Å². The molecule has 4 atom stereocenters. The monoisotopic (exact) mass is 590 g/mol. The number of carbonyl (C=O) groups excluding carboxylic acids is 1. The first-order chi connectivity index (χ1) is 19.2. The van der Waals surface area contributed by atoms with Gasteiger partial charge in [0.1, 0.15) is 12.1 Å². The third-order valence-corrected chi connectivity index (χ3v) is 8.78. The van der Waals surface area contributed by atoms with E-state index in [0.29, 0.717) is 11.8 Å². The number of fused-ring (bicyclic) bond motifs is 3. The summed E-state index contributed by atoms with van der Waals surface area (Å²) in [5.41, 5.74) is 9.59. The van der Waals surface area contributed by atoms with E-state index in [1.807, 2.05) is 20.8 Å². The Morgan fingerprint density at radius 2 is 1.68 bits per heavy atom. The maximum atomic E-state index is 12.7. The van der Waals surface area contributed by atoms with E-state index < -0.39 is 16.2 Å². The standard InChI is InChI=1S/C24H38N2O4.C7H8O3S/c1-14(2)9-17-13-26-8-7-16-10-21(28-5)22(29-6)11-18(16)19(26)12-20(17)30-24(27)23(25)15(3)4;1-6-2-4-7(5-3-6)11(8,9)10/h10-11,14-15,17,19-20,23H,7-9,12-13,25H2,1-6H3;2-5H,1H3,(H,8,9,10)/t17-,19-,20-,23+;/m1./s1. The molecule has 0 unspecified atom stereocenters. The van der Waals surface area contributed by atoms with Crippen molar-refractivity contribution in [3.63, 3.8) is 0 Å². The largest absolute Gasteiger partial charge is 0.493 e. The molecule has 0 aromatic heterocycles. The Balaban J connectivity index is 0.000000352. The molecule has 0 saturated carbocycles. The van der Waals surface area contributed by atoms with E-state index >= 15 is 0 Å². The number of carbonyl (C=O) groups is 1. The van der Waals surface area contributed by atoms with Crippen LogP contribution in [0.5, 0.6) is 11.5 Å². The van der Waals surface area contributed by atoms with Crippen molar-refractivity contribution in [1.29, 1.82) is 0 Å². The molecule has 3 N–H and O–H groups in total. The molecular formula is C31H46N2O7S. The zero-order valence-electron chi connectivity index (χ0n) is 25.3. The van der Waals surface area contributed by atoms with E-state index in [9.17, 15) is 13.2 Å². The van der Waals surface area contributed by atoms with Crippen LogP contribution in [0.25, 0.3) is 0 Å². The molecule has 0 bridgehead atoms. The summed E-state index contributed by atoms with van der Waals surface area (Å²) in [6.45, 7) is 12.2. The van der Waals surface area contributed by atoms with E-state index in [1.165, 1.54) is 23.3 Å². The van der Waals surface area contributed by atoms with Crippen molar-refractivity contribution in [1.82, 2.24) is 4.90 Å². The van der Waals surface area contributed by atoms with Gasteiger partial charge < -0.3 is 19.9 Å². The smallest absolute Gasteiger partial charge is 0.323 e. The fourth-order valence-electron chi connectivity index (χ4n) is 5.59. The van der Waals surface area contributed by atoms with E-state index in [0.717, 1.165) is 49.4 Å². The molecule has 2 aromatic carbocycles. The Kier molecular flexibility index (Phi) is 11.2. The Hall–Kier alpha value is -2.66. The van der Waals surface area contributed by atoms with Gasteiger partial charge in [0.2, 0.25) is 0 Å². The van der Waals surface area contributed by atoms with Crippen molar-refractivity contribution in [2.45, 2.75) is 77.0 Å². The van der Waals surface area contributed by atoms with Gasteiger partial charge in [-0.1, -0.05) is 45.4 Å². The zero-order chi connectivity index (χ0) is 30.5. The number of benzene rings is 2. The van der Waals surface area contributed by atoms with Crippen LogP contribution in [0.2, 0.25) is 0 Å². The van der Waals surface area contributed by atoms with Gasteiger partial charge in [-0.3, -0.25) is 14.2 Å². The average molecular weight is 591 g/mol. The van der Waals surface area contributed by atoms with Crippen LogP contribution in [0.1, 0.15) is 63.3 Å². The second-order valence-electron chi connectivity index (χ2n) is 11.8. The van der Waals surface area contributed by atoms with E-state index in [1.54, 1.807) is 26.4 Å². The van der Waals surface area contributed by atoms with Crippen LogP contribution < -0.4 is 15.2 Å². The van der Waals surface area contributed by atoms with Crippen LogP contribution in [0, 0.1) is 24.7 Å². The van der Waals surface area contributed by atoms with Gasteiger partial charge in [0.05, 0.1) is 19.1 Å². The first kappa shape index (κ1) is 32.8. The maximum absolute atomic E-state index is 12.7. The predicted octanol–water partition coefficient (Wildman–Crippen LogP) is 4.81. The molecule has 41 heavy (non-hydrogen) atoms. The quantitative estimate of drug-likeness (QED) is 0.329. The van der Waals surface area contributed by atoms with Crippen molar-refractivity contribution in [3.05, 3.63) is 53.1 Å². The third kappa shape index (κ3) is 8.44. The lowest BCUT2D eigenvalue weighted by Gasteiger charge is -2.47. The number of nitrogens with zero attached hydrogens (tertiary/aromatic N) is 1. The Morgan fingerprint density at radius 3 is 2.22 bits per heavy atom. The van der Waals surface area contributed by atoms with Crippen LogP contribution in [0.15, 0.2) is 41.3 Å². The molecule has 10 heteroatoms. The Morgan fingerprint density at radius 1 is 1.07 bits per heavy atom. The molecule has 2 aliphatic heterocycles. The van der Waals surface area contributed by atoms with Crippen LogP contribution >= 0.6 is 0 Å². The SMILES string of the molecule is COc1cc2c(cc1OC)[C@H]1C[C@@H](OC(=O)[C@@H](N)C(C)C)[C@H](CC(C)C)CN1CC2.Cc1ccc(S(=O)(=O)O)cc1. The van der Waals surface area contributed by atoms with Gasteiger partial charge in [-0.2, -0.15) is 8.42 Å². The molecule has 0 spiro atoms. The number of hydrogen-bond acceptors (Lipinski definition) is 8. The van der Waals surface area contributed by atoms with Crippen molar-refractivity contribution in [3.8, 4) is 11.5 Å². The van der Waals surface area contributed by atoms with Gasteiger partial charge in [0.15, 0.2) is 11.5 Å². The fraction of sp³-hybridized carbons (Fsp3) is 0.581. The van der Waals surface area contributed by atoms with Crippen LogP contribution in [-0.2, 0) is 26.1 Å². The minimum atomic E-state index is -4.02. The van der Waals surface area contributed by atoms with E-state index in [-0.39, 0.29) is 28.9 Å². The average Bonchev–Trinajstić information content (AvgIpc) is 2.91. The zero-order valence-corrected chi connectivity index (χ0v) is 26.1. The second kappa shape index (κ2) is 14.0. The molecule has 0 aliphatic carbocycles. The third-order valence-electron chi connectivity index (χ3n) is 7.91. The lowest BCUT2D eigenvalue weighted by molar-refractivity contribution is -0.160. The number of hydrogen-bond donors (Lipinski definition) is 2. The highest BCUT2D eigenvalue weighted by molar-refractivity contribution is 7.85. The Labute approximate surface area is 245 Å². The lowest BCUT2D eigenvalue weighted by Crippen LogP contribution is -2.51. The number of aryl methyl sites for hydroxylation is 1. The number of rotatable bonds is 8. The van der Waals surface area contributed by atoms with Crippen LogP contribution in [-0.4, -0.2) is 63.3 Å². The molecule has 228 valence electrons. The highest BCUT2D eigenvalue weighted by atomic mass is 32.2. The molecule has 2 aliphatic rings. The summed E-state index contributed by atoms with van der Waals surface area (Å²) in [7, 11) is -0.680. The predicted molar refractivity (Wildman–Crippen MR) is 159 cm³/mol. The summed E-state index contributed by atoms with van der Waals surface area (Å²) in [6.07, 6.45) is 2.70. The van der Waals surface area contributed by atoms with Gasteiger partial charge in [0.25, 0.3) is 10.1 Å². The normalized spacial score (nSPS) is 21.3. The molecule has 2 aromatic rings. The molecule has 1 saturated heterocycles. The number of piperidine rings is 1. The first-order valence-electron chi connectivity index (χ1n) is 14.2. The number of methoxy groups -OCH3 is 2. The summed E-state index contributed by atoms with van der Waals surface area (Å²) < 4.78 is 46.7. The Bertz CT molecular complexity index is 1280. The van der Waals surface area contributed by atoms with Crippen molar-refractivity contribution in [2.24, 2.45) is 23.5 Å². The van der Waals surface area contributed by atoms with Gasteiger partial charge in [-0.05, 0) is 67.0 Å². The summed E-state index contributed by atoms with van der Waals surface area (Å²) in [6, 6.07) is 9.82. The molecule has 9 nitrogen and oxygen atoms in total. The van der Waals surface area contributed by atoms with Gasteiger partial charge in [-0.15, -0.1) is 0 Å². The highest BCUT2D eigenvalue weighted by Gasteiger charge is 2.41. The molecular weight excluding hydrogens is 544 g/mol. The number of nitrogens with two attached hydrogens (primary N) is 1. The molecule has 0 amide bonds. The lowest BCUT2D eigenvalue weighted by atomic mass is 9.79. The first-order valence-corrected chi connectivity index (χ1v) is 15.7. The second-order valence-corrected chi connectivity index (χ2v) is 13.2. The topological polar surface area (TPSA) is 128 Å². The van der Waals surface area contributed by atoms with Gasteiger partial charge >= 0.3 is 5.97 Å². The van der Waals surface area contributed by atoms with Crippen LogP contribution in [0.4, 0.5) is 0 Å². The van der Waals surface area contributed by atoms with Crippen molar-refractivity contribution in [2.75, 3.05) is 27.3 Å². The van der Waals surface area contributed by atoms with Gasteiger partial charge in [-0.25, -0.2) is 0 Å². The summed E-state index contributed by atoms with van der Waals surface area (Å²) in [5, 5.41) is 0. The molecule has 4 rings (SSSR count). The van der Waals surface area contributed by atoms with Crippen molar-refractivity contribution < 1.29 is 32.0 Å².